The summed E-state index contributed by atoms with van der Waals surface area (Å²) in [5.74, 6) is -0.653. The molecule has 0 atom stereocenters. The molecule has 0 bridgehead atoms. The van der Waals surface area contributed by atoms with Crippen molar-refractivity contribution in [1.82, 2.24) is 4.98 Å². The molecule has 2 aromatic carbocycles. The maximum Gasteiger partial charge on any atom is 0.308 e. The summed E-state index contributed by atoms with van der Waals surface area (Å²) in [5, 5.41) is 10.1. The van der Waals surface area contributed by atoms with Crippen molar-refractivity contribution in [2.75, 3.05) is 0 Å². The molecule has 0 saturated heterocycles. The smallest absolute Gasteiger partial charge is 0.308 e. The summed E-state index contributed by atoms with van der Waals surface area (Å²) < 4.78 is 10.8. The average molecular weight is 325 g/mol. The molecule has 6 nitrogen and oxygen atoms in total. The van der Waals surface area contributed by atoms with Crippen molar-refractivity contribution < 1.29 is 19.4 Å². The van der Waals surface area contributed by atoms with Gasteiger partial charge in [0.15, 0.2) is 5.75 Å². The second-order valence-corrected chi connectivity index (χ2v) is 5.21. The summed E-state index contributed by atoms with van der Waals surface area (Å²) in [6.45, 7) is 1.41. The number of pyridine rings is 1. The molecule has 0 aliphatic carbocycles. The standard InChI is InChI=1S/C18H15NO5/c1-11(20)24-17-16(23-10-12-5-3-2-4-6-12)14-8-7-13(21)9-15(14)19-18(17)22/h2-9,21H,10H2,1H3,(H,19,22). The highest BCUT2D eigenvalue weighted by Gasteiger charge is 2.18. The van der Waals surface area contributed by atoms with Crippen molar-refractivity contribution in [3.63, 3.8) is 0 Å². The second-order valence-electron chi connectivity index (χ2n) is 5.21. The second kappa shape index (κ2) is 6.45. The Hall–Kier alpha value is -3.28. The number of H-pyrrole nitrogens is 1. The van der Waals surface area contributed by atoms with Crippen LogP contribution in [0.1, 0.15) is 12.5 Å². The number of carbonyl (C=O) groups is 1. The van der Waals surface area contributed by atoms with E-state index in [1.54, 1.807) is 6.07 Å². The van der Waals surface area contributed by atoms with E-state index in [-0.39, 0.29) is 23.9 Å². The fourth-order valence-corrected chi connectivity index (χ4v) is 2.35. The van der Waals surface area contributed by atoms with E-state index in [1.165, 1.54) is 19.1 Å². The molecule has 0 fully saturated rings. The summed E-state index contributed by atoms with van der Waals surface area (Å²) in [7, 11) is 0. The number of hydrogen-bond donors (Lipinski definition) is 2. The Labute approximate surface area is 137 Å². The molecule has 0 spiro atoms. The highest BCUT2D eigenvalue weighted by Crippen LogP contribution is 2.33. The lowest BCUT2D eigenvalue weighted by molar-refractivity contribution is -0.132. The third-order valence-electron chi connectivity index (χ3n) is 3.38. The zero-order valence-corrected chi connectivity index (χ0v) is 12.9. The Bertz CT molecular complexity index is 947. The van der Waals surface area contributed by atoms with Crippen LogP contribution in [0.3, 0.4) is 0 Å². The van der Waals surface area contributed by atoms with Crippen molar-refractivity contribution in [1.29, 1.82) is 0 Å². The van der Waals surface area contributed by atoms with Gasteiger partial charge < -0.3 is 19.6 Å². The summed E-state index contributed by atoms with van der Waals surface area (Å²) in [6.07, 6.45) is 0. The minimum atomic E-state index is -0.622. The first-order chi connectivity index (χ1) is 11.5. The minimum Gasteiger partial charge on any atom is -0.508 e. The van der Waals surface area contributed by atoms with Gasteiger partial charge in [0.05, 0.1) is 5.52 Å². The first-order valence-electron chi connectivity index (χ1n) is 7.29. The lowest BCUT2D eigenvalue weighted by Crippen LogP contribution is -2.16. The van der Waals surface area contributed by atoms with E-state index in [9.17, 15) is 14.7 Å². The van der Waals surface area contributed by atoms with Gasteiger partial charge in [0.1, 0.15) is 12.4 Å². The Balaban J connectivity index is 2.10. The van der Waals surface area contributed by atoms with Gasteiger partial charge in [-0.05, 0) is 17.7 Å². The number of carbonyl (C=O) groups excluding carboxylic acids is 1. The summed E-state index contributed by atoms with van der Waals surface area (Å²) in [4.78, 5) is 26.1. The summed E-state index contributed by atoms with van der Waals surface area (Å²) >= 11 is 0. The number of aromatic nitrogens is 1. The molecular formula is C18H15NO5. The van der Waals surface area contributed by atoms with Gasteiger partial charge >= 0.3 is 5.97 Å². The number of benzene rings is 2. The van der Waals surface area contributed by atoms with Crippen LogP contribution in [0.4, 0.5) is 0 Å². The molecule has 3 rings (SSSR count). The predicted molar refractivity (Wildman–Crippen MR) is 88.3 cm³/mol. The normalized spacial score (nSPS) is 10.5. The molecule has 0 radical (unpaired) electrons. The van der Waals surface area contributed by atoms with Crippen LogP contribution in [0, 0.1) is 0 Å². The SMILES string of the molecule is CC(=O)Oc1c(OCc2ccccc2)c2ccc(O)cc2[nH]c1=O. The molecule has 0 aliphatic rings. The van der Waals surface area contributed by atoms with Gasteiger partial charge in [-0.15, -0.1) is 0 Å². The Morgan fingerprint density at radius 3 is 2.58 bits per heavy atom. The van der Waals surface area contributed by atoms with Crippen LogP contribution in [0.15, 0.2) is 53.3 Å². The summed E-state index contributed by atoms with van der Waals surface area (Å²) in [6, 6.07) is 13.9. The number of ether oxygens (including phenoxy) is 2. The number of nitrogens with one attached hydrogen (secondary N) is 1. The minimum absolute atomic E-state index is 0.00685. The van der Waals surface area contributed by atoms with Crippen LogP contribution >= 0.6 is 0 Å². The van der Waals surface area contributed by atoms with Crippen molar-refractivity contribution in [3.05, 3.63) is 64.4 Å². The Morgan fingerprint density at radius 2 is 1.88 bits per heavy atom. The van der Waals surface area contributed by atoms with Crippen LogP contribution in [-0.4, -0.2) is 16.1 Å². The van der Waals surface area contributed by atoms with Crippen LogP contribution < -0.4 is 15.0 Å². The average Bonchev–Trinajstić information content (AvgIpc) is 2.55. The van der Waals surface area contributed by atoms with E-state index in [0.717, 1.165) is 5.56 Å². The van der Waals surface area contributed by atoms with E-state index >= 15 is 0 Å². The van der Waals surface area contributed by atoms with Gasteiger partial charge in [0.2, 0.25) is 5.75 Å². The maximum absolute atomic E-state index is 12.2. The van der Waals surface area contributed by atoms with Crippen molar-refractivity contribution >= 4 is 16.9 Å². The molecule has 0 unspecified atom stereocenters. The Morgan fingerprint density at radius 1 is 1.12 bits per heavy atom. The lowest BCUT2D eigenvalue weighted by Gasteiger charge is -2.13. The molecule has 0 saturated carbocycles. The third-order valence-corrected chi connectivity index (χ3v) is 3.38. The van der Waals surface area contributed by atoms with Gasteiger partial charge in [-0.2, -0.15) is 0 Å². The molecular weight excluding hydrogens is 310 g/mol. The van der Waals surface area contributed by atoms with Gasteiger partial charge in [0, 0.05) is 18.4 Å². The largest absolute Gasteiger partial charge is 0.508 e. The van der Waals surface area contributed by atoms with Gasteiger partial charge in [-0.1, -0.05) is 30.3 Å². The summed E-state index contributed by atoms with van der Waals surface area (Å²) in [5.41, 5.74) is 0.684. The van der Waals surface area contributed by atoms with Crippen LogP contribution in [0.25, 0.3) is 10.9 Å². The molecule has 6 heteroatoms. The number of hydrogen-bond acceptors (Lipinski definition) is 5. The van der Waals surface area contributed by atoms with E-state index in [1.807, 2.05) is 30.3 Å². The van der Waals surface area contributed by atoms with Crippen LogP contribution in [-0.2, 0) is 11.4 Å². The maximum atomic E-state index is 12.2. The topological polar surface area (TPSA) is 88.6 Å². The van der Waals surface area contributed by atoms with Gasteiger partial charge in [-0.3, -0.25) is 9.59 Å². The molecule has 122 valence electrons. The number of aromatic hydroxyl groups is 1. The molecule has 0 amide bonds. The molecule has 24 heavy (non-hydrogen) atoms. The van der Waals surface area contributed by atoms with Crippen molar-refractivity contribution in [3.8, 4) is 17.2 Å². The lowest BCUT2D eigenvalue weighted by atomic mass is 10.2. The quantitative estimate of drug-likeness (QED) is 0.720. The van der Waals surface area contributed by atoms with Crippen LogP contribution in [0.2, 0.25) is 0 Å². The van der Waals surface area contributed by atoms with E-state index in [4.69, 9.17) is 9.47 Å². The number of esters is 1. The monoisotopic (exact) mass is 325 g/mol. The zero-order valence-electron chi connectivity index (χ0n) is 12.9. The first kappa shape index (κ1) is 15.6. The number of aromatic amines is 1. The Kier molecular flexibility index (Phi) is 4.20. The molecule has 3 aromatic rings. The van der Waals surface area contributed by atoms with Gasteiger partial charge in [-0.25, -0.2) is 0 Å². The molecule has 0 aliphatic heterocycles. The van der Waals surface area contributed by atoms with Crippen molar-refractivity contribution in [2.45, 2.75) is 13.5 Å². The number of fused-ring (bicyclic) bond motifs is 1. The highest BCUT2D eigenvalue weighted by molar-refractivity contribution is 5.89. The fraction of sp³-hybridized carbons (Fsp3) is 0.111. The third kappa shape index (κ3) is 3.22. The molecule has 2 N–H and O–H groups in total. The number of phenols is 1. The van der Waals surface area contributed by atoms with E-state index < -0.39 is 11.5 Å². The van der Waals surface area contributed by atoms with E-state index in [2.05, 4.69) is 4.98 Å². The fourth-order valence-electron chi connectivity index (χ4n) is 2.35. The predicted octanol–water partition coefficient (Wildman–Crippen LogP) is 2.74. The van der Waals surface area contributed by atoms with Gasteiger partial charge in [0.25, 0.3) is 5.56 Å². The van der Waals surface area contributed by atoms with E-state index in [0.29, 0.717) is 10.9 Å². The first-order valence-corrected chi connectivity index (χ1v) is 7.29. The van der Waals surface area contributed by atoms with Crippen LogP contribution in [0.5, 0.6) is 17.2 Å². The highest BCUT2D eigenvalue weighted by atomic mass is 16.6. The van der Waals surface area contributed by atoms with Crippen molar-refractivity contribution in [2.24, 2.45) is 0 Å². The molecule has 1 aromatic heterocycles. The molecule has 1 heterocycles. The number of phenolic OH excluding ortho intramolecular Hbond substituents is 1. The zero-order chi connectivity index (χ0) is 17.1. The number of rotatable bonds is 4.